The molecule has 0 unspecified atom stereocenters. The van der Waals surface area contributed by atoms with Crippen LogP contribution in [0.3, 0.4) is 0 Å². The molecule has 1 aliphatic heterocycles. The summed E-state index contributed by atoms with van der Waals surface area (Å²) in [6, 6.07) is 18.8. The van der Waals surface area contributed by atoms with Crippen molar-refractivity contribution >= 4 is 0 Å². The maximum absolute atomic E-state index is 5.88. The third-order valence-corrected chi connectivity index (χ3v) is 5.17. The van der Waals surface area contributed by atoms with Crippen LogP contribution in [-0.4, -0.2) is 24.0 Å². The minimum Gasteiger partial charge on any atom is -0.441 e. The Morgan fingerprint density at radius 3 is 2.25 bits per heavy atom. The quantitative estimate of drug-likeness (QED) is 0.614. The van der Waals surface area contributed by atoms with Crippen LogP contribution in [0.5, 0.6) is 0 Å². The zero-order valence-electron chi connectivity index (χ0n) is 16.8. The van der Waals surface area contributed by atoms with Crippen LogP contribution in [0.2, 0.25) is 0 Å². The Labute approximate surface area is 166 Å². The summed E-state index contributed by atoms with van der Waals surface area (Å²) in [5, 5.41) is 0. The lowest BCUT2D eigenvalue weighted by molar-refractivity contribution is -0.261. The molecule has 0 amide bonds. The van der Waals surface area contributed by atoms with Crippen molar-refractivity contribution in [3.63, 3.8) is 0 Å². The Morgan fingerprint density at radius 2 is 1.57 bits per heavy atom. The van der Waals surface area contributed by atoms with Crippen LogP contribution in [0.15, 0.2) is 59.0 Å². The van der Waals surface area contributed by atoms with Crippen molar-refractivity contribution < 1.29 is 13.9 Å². The first-order valence-electron chi connectivity index (χ1n) is 9.86. The SMILES string of the molecule is Cc1oc(-c2ccccc2)nc1Cc1ccc(CC2COC(C)(C)OC2)cc1. The zero-order valence-corrected chi connectivity index (χ0v) is 16.8. The average molecular weight is 377 g/mol. The number of aryl methyl sites for hydroxylation is 1. The largest absolute Gasteiger partial charge is 0.441 e. The molecule has 2 heterocycles. The van der Waals surface area contributed by atoms with E-state index in [4.69, 9.17) is 18.9 Å². The van der Waals surface area contributed by atoms with E-state index in [2.05, 4.69) is 24.3 Å². The number of aromatic nitrogens is 1. The Bertz CT molecular complexity index is 903. The van der Waals surface area contributed by atoms with E-state index in [1.807, 2.05) is 51.1 Å². The van der Waals surface area contributed by atoms with Gasteiger partial charge in [-0.15, -0.1) is 0 Å². The Kier molecular flexibility index (Phi) is 5.33. The first kappa shape index (κ1) is 18.9. The molecule has 146 valence electrons. The van der Waals surface area contributed by atoms with Crippen LogP contribution in [-0.2, 0) is 22.3 Å². The van der Waals surface area contributed by atoms with E-state index in [-0.39, 0.29) is 0 Å². The number of benzene rings is 2. The summed E-state index contributed by atoms with van der Waals surface area (Å²) in [7, 11) is 0. The molecule has 1 aromatic heterocycles. The van der Waals surface area contributed by atoms with Gasteiger partial charge in [-0.3, -0.25) is 0 Å². The summed E-state index contributed by atoms with van der Waals surface area (Å²) in [4.78, 5) is 4.71. The molecule has 4 nitrogen and oxygen atoms in total. The van der Waals surface area contributed by atoms with E-state index in [9.17, 15) is 0 Å². The van der Waals surface area contributed by atoms with Crippen LogP contribution in [0.4, 0.5) is 0 Å². The molecular formula is C24H27NO3. The standard InChI is InChI=1S/C24H27NO3/c1-17-22(25-23(28-17)21-7-5-4-6-8-21)14-19-11-9-18(10-12-19)13-20-15-26-24(2,3)27-16-20/h4-12,20H,13-16H2,1-3H3. The normalized spacial score (nSPS) is 17.0. The second kappa shape index (κ2) is 7.90. The van der Waals surface area contributed by atoms with Crippen LogP contribution < -0.4 is 0 Å². The van der Waals surface area contributed by atoms with Gasteiger partial charge in [0.25, 0.3) is 0 Å². The maximum Gasteiger partial charge on any atom is 0.226 e. The van der Waals surface area contributed by atoms with Crippen molar-refractivity contribution in [2.24, 2.45) is 5.92 Å². The fraction of sp³-hybridized carbons (Fsp3) is 0.375. The predicted octanol–water partition coefficient (Wildman–Crippen LogP) is 5.18. The van der Waals surface area contributed by atoms with Crippen molar-refractivity contribution in [3.8, 4) is 11.5 Å². The van der Waals surface area contributed by atoms with Gasteiger partial charge in [0.15, 0.2) is 5.79 Å². The molecule has 0 bridgehead atoms. The summed E-state index contributed by atoms with van der Waals surface area (Å²) in [6.07, 6.45) is 1.74. The molecule has 1 aliphatic rings. The van der Waals surface area contributed by atoms with E-state index < -0.39 is 5.79 Å². The lowest BCUT2D eigenvalue weighted by atomic mass is 9.98. The van der Waals surface area contributed by atoms with Crippen LogP contribution in [0.25, 0.3) is 11.5 Å². The van der Waals surface area contributed by atoms with E-state index in [0.717, 1.165) is 43.1 Å². The summed E-state index contributed by atoms with van der Waals surface area (Å²) in [5.74, 6) is 1.52. The van der Waals surface area contributed by atoms with Gasteiger partial charge in [0.05, 0.1) is 18.9 Å². The van der Waals surface area contributed by atoms with Crippen molar-refractivity contribution in [3.05, 3.63) is 77.2 Å². The smallest absolute Gasteiger partial charge is 0.226 e. The van der Waals surface area contributed by atoms with Gasteiger partial charge in [-0.2, -0.15) is 0 Å². The molecule has 0 spiro atoms. The van der Waals surface area contributed by atoms with Crippen LogP contribution in [0, 0.1) is 12.8 Å². The van der Waals surface area contributed by atoms with Crippen molar-refractivity contribution in [1.29, 1.82) is 0 Å². The molecule has 1 saturated heterocycles. The summed E-state index contributed by atoms with van der Waals surface area (Å²) in [6.45, 7) is 7.40. The monoisotopic (exact) mass is 377 g/mol. The molecule has 28 heavy (non-hydrogen) atoms. The third-order valence-electron chi connectivity index (χ3n) is 5.17. The van der Waals surface area contributed by atoms with Gasteiger partial charge in [0.2, 0.25) is 5.89 Å². The van der Waals surface area contributed by atoms with Gasteiger partial charge < -0.3 is 13.9 Å². The van der Waals surface area contributed by atoms with Gasteiger partial charge in [0, 0.05) is 17.9 Å². The summed E-state index contributed by atoms with van der Waals surface area (Å²) < 4.78 is 17.4. The highest BCUT2D eigenvalue weighted by Gasteiger charge is 2.28. The Morgan fingerprint density at radius 1 is 0.929 bits per heavy atom. The second-order valence-corrected chi connectivity index (χ2v) is 7.97. The van der Waals surface area contributed by atoms with E-state index >= 15 is 0 Å². The summed E-state index contributed by atoms with van der Waals surface area (Å²) in [5.41, 5.74) is 4.54. The number of hydrogen-bond acceptors (Lipinski definition) is 4. The predicted molar refractivity (Wildman–Crippen MR) is 109 cm³/mol. The van der Waals surface area contributed by atoms with Gasteiger partial charge in [-0.25, -0.2) is 4.98 Å². The fourth-order valence-electron chi connectivity index (χ4n) is 3.46. The molecule has 3 aromatic rings. The van der Waals surface area contributed by atoms with Gasteiger partial charge >= 0.3 is 0 Å². The first-order chi connectivity index (χ1) is 13.5. The highest BCUT2D eigenvalue weighted by molar-refractivity contribution is 5.53. The third kappa shape index (κ3) is 4.51. The number of ether oxygens (including phenoxy) is 2. The molecule has 1 fully saturated rings. The minimum atomic E-state index is -0.450. The summed E-state index contributed by atoms with van der Waals surface area (Å²) >= 11 is 0. The van der Waals surface area contributed by atoms with Gasteiger partial charge in [-0.1, -0.05) is 42.5 Å². The molecule has 2 aromatic carbocycles. The number of rotatable bonds is 5. The topological polar surface area (TPSA) is 44.5 Å². The highest BCUT2D eigenvalue weighted by atomic mass is 16.7. The lowest BCUT2D eigenvalue weighted by Crippen LogP contribution is -2.39. The van der Waals surface area contributed by atoms with E-state index in [0.29, 0.717) is 11.8 Å². The molecule has 4 rings (SSSR count). The number of oxazole rings is 1. The molecular weight excluding hydrogens is 350 g/mol. The van der Waals surface area contributed by atoms with Crippen LogP contribution >= 0.6 is 0 Å². The lowest BCUT2D eigenvalue weighted by Gasteiger charge is -2.35. The second-order valence-electron chi connectivity index (χ2n) is 7.97. The van der Waals surface area contributed by atoms with Crippen molar-refractivity contribution in [2.45, 2.75) is 39.4 Å². The van der Waals surface area contributed by atoms with E-state index in [1.54, 1.807) is 0 Å². The Hall–Kier alpha value is -2.43. The fourth-order valence-corrected chi connectivity index (χ4v) is 3.46. The molecule has 0 radical (unpaired) electrons. The zero-order chi connectivity index (χ0) is 19.6. The molecule has 0 N–H and O–H groups in total. The number of hydrogen-bond donors (Lipinski definition) is 0. The first-order valence-corrected chi connectivity index (χ1v) is 9.86. The van der Waals surface area contributed by atoms with Crippen LogP contribution in [0.1, 0.15) is 36.4 Å². The minimum absolute atomic E-state index is 0.407. The number of nitrogens with zero attached hydrogens (tertiary/aromatic N) is 1. The van der Waals surface area contributed by atoms with E-state index in [1.165, 1.54) is 11.1 Å². The van der Waals surface area contributed by atoms with Crippen molar-refractivity contribution in [2.75, 3.05) is 13.2 Å². The Balaban J connectivity index is 1.39. The van der Waals surface area contributed by atoms with Crippen molar-refractivity contribution in [1.82, 2.24) is 4.98 Å². The highest BCUT2D eigenvalue weighted by Crippen LogP contribution is 2.25. The average Bonchev–Trinajstić information content (AvgIpc) is 3.06. The molecule has 0 saturated carbocycles. The molecule has 4 heteroatoms. The van der Waals surface area contributed by atoms with Gasteiger partial charge in [0.1, 0.15) is 5.76 Å². The van der Waals surface area contributed by atoms with Gasteiger partial charge in [-0.05, 0) is 50.5 Å². The maximum atomic E-state index is 5.88. The molecule has 0 aliphatic carbocycles. The molecule has 0 atom stereocenters.